The number of likely N-dealkylation sites (N-methyl/N-ethyl adjacent to an activating group) is 1. The van der Waals surface area contributed by atoms with Crippen LogP contribution < -0.4 is 10.1 Å². The first-order valence-corrected chi connectivity index (χ1v) is 9.32. The van der Waals surface area contributed by atoms with E-state index >= 15 is 0 Å². The van der Waals surface area contributed by atoms with Gasteiger partial charge in [0, 0.05) is 18.2 Å². The number of ether oxygens (including phenoxy) is 1. The molecule has 28 heavy (non-hydrogen) atoms. The second-order valence-electron chi connectivity index (χ2n) is 7.18. The lowest BCUT2D eigenvalue weighted by Gasteiger charge is -2.34. The first kappa shape index (κ1) is 19.9. The molecule has 0 bridgehead atoms. The highest BCUT2D eigenvalue weighted by molar-refractivity contribution is 5.85. The quantitative estimate of drug-likeness (QED) is 0.760. The maximum atomic E-state index is 13.0. The Hall–Kier alpha value is -2.80. The van der Waals surface area contributed by atoms with Gasteiger partial charge in [0.2, 0.25) is 5.91 Å². The van der Waals surface area contributed by atoms with Crippen molar-refractivity contribution in [2.75, 3.05) is 14.2 Å². The van der Waals surface area contributed by atoms with Crippen molar-refractivity contribution in [1.82, 2.24) is 10.2 Å². The third-order valence-electron chi connectivity index (χ3n) is 5.86. The summed E-state index contributed by atoms with van der Waals surface area (Å²) < 4.78 is 10.3. The number of furan rings is 1. The molecule has 2 heterocycles. The second-order valence-corrected chi connectivity index (χ2v) is 7.18. The summed E-state index contributed by atoms with van der Waals surface area (Å²) in [5.74, 6) is -0.835. The fourth-order valence-electron chi connectivity index (χ4n) is 4.15. The molecule has 1 aromatic heterocycles. The van der Waals surface area contributed by atoms with E-state index in [2.05, 4.69) is 5.32 Å². The van der Waals surface area contributed by atoms with Crippen molar-refractivity contribution < 1.29 is 23.8 Å². The number of aliphatic carboxylic acids is 1. The van der Waals surface area contributed by atoms with Crippen molar-refractivity contribution in [3.8, 4) is 5.75 Å². The zero-order valence-corrected chi connectivity index (χ0v) is 16.3. The molecule has 7 heteroatoms. The van der Waals surface area contributed by atoms with Crippen LogP contribution in [0.1, 0.15) is 36.9 Å². The molecular formula is C21H26N2O5. The van der Waals surface area contributed by atoms with E-state index in [9.17, 15) is 14.7 Å². The lowest BCUT2D eigenvalue weighted by atomic mass is 9.87. The van der Waals surface area contributed by atoms with Crippen LogP contribution in [-0.4, -0.2) is 41.6 Å². The average Bonchev–Trinajstić information content (AvgIpc) is 3.32. The monoisotopic (exact) mass is 386 g/mol. The summed E-state index contributed by atoms with van der Waals surface area (Å²) in [6, 6.07) is 8.89. The molecule has 3 rings (SSSR count). The van der Waals surface area contributed by atoms with Crippen LogP contribution in [0.15, 0.2) is 47.3 Å². The SMILES string of the molecule is CC[C@@]1(C(=O)O)C[C@H](C(=O)NCc2ccoc2)[C@H](c2ccc(OC)cc2)N1C. The minimum Gasteiger partial charge on any atom is -0.497 e. The van der Waals surface area contributed by atoms with Gasteiger partial charge in [0.15, 0.2) is 0 Å². The Kier molecular flexibility index (Phi) is 5.74. The van der Waals surface area contributed by atoms with Crippen LogP contribution in [0.3, 0.4) is 0 Å². The van der Waals surface area contributed by atoms with Gasteiger partial charge in [-0.1, -0.05) is 19.1 Å². The smallest absolute Gasteiger partial charge is 0.324 e. The van der Waals surface area contributed by atoms with Gasteiger partial charge in [-0.15, -0.1) is 0 Å². The van der Waals surface area contributed by atoms with Crippen LogP contribution in [0.4, 0.5) is 0 Å². The molecule has 3 atom stereocenters. The Balaban J connectivity index is 1.90. The minimum absolute atomic E-state index is 0.162. The van der Waals surface area contributed by atoms with Crippen LogP contribution in [-0.2, 0) is 16.1 Å². The second kappa shape index (κ2) is 8.06. The molecule has 0 radical (unpaired) electrons. The number of carboxylic acid groups (broad SMARTS) is 1. The van der Waals surface area contributed by atoms with Gasteiger partial charge >= 0.3 is 5.97 Å². The Morgan fingerprint density at radius 3 is 2.57 bits per heavy atom. The molecule has 0 unspecified atom stereocenters. The fraction of sp³-hybridized carbons (Fsp3) is 0.429. The number of nitrogens with zero attached hydrogens (tertiary/aromatic N) is 1. The van der Waals surface area contributed by atoms with Crippen LogP contribution in [0.25, 0.3) is 0 Å². The summed E-state index contributed by atoms with van der Waals surface area (Å²) in [5.41, 5.74) is 0.673. The van der Waals surface area contributed by atoms with Gasteiger partial charge in [0.1, 0.15) is 11.3 Å². The highest BCUT2D eigenvalue weighted by Gasteiger charge is 2.56. The molecule has 150 valence electrons. The van der Waals surface area contributed by atoms with Crippen LogP contribution in [0.5, 0.6) is 5.75 Å². The van der Waals surface area contributed by atoms with Gasteiger partial charge in [0.05, 0.1) is 25.6 Å². The number of benzene rings is 1. The maximum absolute atomic E-state index is 13.0. The number of hydrogen-bond donors (Lipinski definition) is 2. The molecule has 7 nitrogen and oxygen atoms in total. The molecular weight excluding hydrogens is 360 g/mol. The molecule has 1 aliphatic heterocycles. The molecule has 1 aromatic carbocycles. The summed E-state index contributed by atoms with van der Waals surface area (Å²) in [6.07, 6.45) is 3.80. The van der Waals surface area contributed by atoms with Crippen molar-refractivity contribution in [1.29, 1.82) is 0 Å². The molecule has 1 saturated heterocycles. The largest absolute Gasteiger partial charge is 0.497 e. The van der Waals surface area contributed by atoms with Crippen LogP contribution >= 0.6 is 0 Å². The Labute approximate surface area is 164 Å². The number of nitrogens with one attached hydrogen (secondary N) is 1. The van der Waals surface area contributed by atoms with E-state index in [1.54, 1.807) is 32.8 Å². The third kappa shape index (κ3) is 3.49. The summed E-state index contributed by atoms with van der Waals surface area (Å²) in [6.45, 7) is 2.19. The normalized spacial score (nSPS) is 24.8. The van der Waals surface area contributed by atoms with E-state index in [4.69, 9.17) is 9.15 Å². The van der Waals surface area contributed by atoms with Gasteiger partial charge in [0.25, 0.3) is 0 Å². The number of carbonyl (C=O) groups is 2. The van der Waals surface area contributed by atoms with Crippen molar-refractivity contribution in [2.24, 2.45) is 5.92 Å². The Bertz CT molecular complexity index is 818. The number of carbonyl (C=O) groups excluding carboxylic acids is 1. The molecule has 1 aliphatic rings. The number of carboxylic acids is 1. The molecule has 0 saturated carbocycles. The van der Waals surface area contributed by atoms with Crippen LogP contribution in [0.2, 0.25) is 0 Å². The van der Waals surface area contributed by atoms with Gasteiger partial charge in [-0.3, -0.25) is 14.5 Å². The van der Waals surface area contributed by atoms with Crippen LogP contribution in [0, 0.1) is 5.92 Å². The summed E-state index contributed by atoms with van der Waals surface area (Å²) in [7, 11) is 3.38. The van der Waals surface area contributed by atoms with E-state index < -0.39 is 17.4 Å². The van der Waals surface area contributed by atoms with Crippen molar-refractivity contribution in [3.05, 3.63) is 54.0 Å². The Morgan fingerprint density at radius 2 is 2.04 bits per heavy atom. The summed E-state index contributed by atoms with van der Waals surface area (Å²) in [4.78, 5) is 27.0. The zero-order chi connectivity index (χ0) is 20.3. The highest BCUT2D eigenvalue weighted by Crippen LogP contribution is 2.47. The number of likely N-dealkylation sites (tertiary alicyclic amines) is 1. The molecule has 0 spiro atoms. The molecule has 2 N–H and O–H groups in total. The minimum atomic E-state index is -1.08. The van der Waals surface area contributed by atoms with Gasteiger partial charge in [-0.05, 0) is 43.7 Å². The average molecular weight is 386 g/mol. The molecule has 1 fully saturated rings. The van der Waals surface area contributed by atoms with Gasteiger partial charge in [-0.2, -0.15) is 0 Å². The number of hydrogen-bond acceptors (Lipinski definition) is 5. The number of rotatable bonds is 7. The maximum Gasteiger partial charge on any atom is 0.324 e. The van der Waals surface area contributed by atoms with Gasteiger partial charge in [-0.25, -0.2) is 0 Å². The lowest BCUT2D eigenvalue weighted by molar-refractivity contribution is -0.150. The van der Waals surface area contributed by atoms with Crippen molar-refractivity contribution in [2.45, 2.75) is 37.9 Å². The van der Waals surface area contributed by atoms with E-state index in [0.29, 0.717) is 18.7 Å². The molecule has 1 amide bonds. The van der Waals surface area contributed by atoms with Gasteiger partial charge < -0.3 is 19.6 Å². The number of amides is 1. The lowest BCUT2D eigenvalue weighted by Crippen LogP contribution is -2.48. The van der Waals surface area contributed by atoms with E-state index in [1.807, 2.05) is 36.1 Å². The fourth-order valence-corrected chi connectivity index (χ4v) is 4.15. The molecule has 0 aliphatic carbocycles. The van der Waals surface area contributed by atoms with Crippen molar-refractivity contribution in [3.63, 3.8) is 0 Å². The predicted octanol–water partition coefficient (Wildman–Crippen LogP) is 2.83. The topological polar surface area (TPSA) is 92.0 Å². The highest BCUT2D eigenvalue weighted by atomic mass is 16.5. The van der Waals surface area contributed by atoms with E-state index in [0.717, 1.165) is 11.1 Å². The Morgan fingerprint density at radius 1 is 1.32 bits per heavy atom. The standard InChI is InChI=1S/C21H26N2O5/c1-4-21(20(25)26)11-17(19(24)22-12-14-9-10-28-13-14)18(23(21)2)15-5-7-16(27-3)8-6-15/h5-10,13,17-18H,4,11-12H2,1-3H3,(H,22,24)(H,25,26)/t17-,18-,21-/m0/s1. The predicted molar refractivity (Wildman–Crippen MR) is 103 cm³/mol. The zero-order valence-electron chi connectivity index (χ0n) is 16.3. The number of methoxy groups -OCH3 is 1. The summed E-state index contributed by atoms with van der Waals surface area (Å²) >= 11 is 0. The summed E-state index contributed by atoms with van der Waals surface area (Å²) in [5, 5.41) is 12.9. The first-order chi connectivity index (χ1) is 13.4. The van der Waals surface area contributed by atoms with E-state index in [-0.39, 0.29) is 18.4 Å². The first-order valence-electron chi connectivity index (χ1n) is 9.32. The third-order valence-corrected chi connectivity index (χ3v) is 5.86. The van der Waals surface area contributed by atoms with E-state index in [1.165, 1.54) is 0 Å². The molecule has 2 aromatic rings. The van der Waals surface area contributed by atoms with Crippen molar-refractivity contribution >= 4 is 11.9 Å².